The van der Waals surface area contributed by atoms with Crippen molar-refractivity contribution in [2.75, 3.05) is 18.8 Å². The maximum atomic E-state index is 11.9. The van der Waals surface area contributed by atoms with Gasteiger partial charge < -0.3 is 16.4 Å². The Morgan fingerprint density at radius 3 is 2.28 bits per heavy atom. The van der Waals surface area contributed by atoms with Gasteiger partial charge in [-0.05, 0) is 32.3 Å². The van der Waals surface area contributed by atoms with Gasteiger partial charge in [-0.1, -0.05) is 18.7 Å². The van der Waals surface area contributed by atoms with E-state index in [2.05, 4.69) is 20.6 Å². The van der Waals surface area contributed by atoms with Crippen molar-refractivity contribution in [3.05, 3.63) is 17.0 Å². The Morgan fingerprint density at radius 2 is 1.72 bits per heavy atom. The van der Waals surface area contributed by atoms with Gasteiger partial charge in [0.2, 0.25) is 17.7 Å². The van der Waals surface area contributed by atoms with Crippen LogP contribution in [-0.2, 0) is 20.8 Å². The molecule has 0 atom stereocenters. The lowest BCUT2D eigenvalue weighted by atomic mass is 10.1. The molecule has 1 aromatic heterocycles. The quantitative estimate of drug-likeness (QED) is 0.402. The summed E-state index contributed by atoms with van der Waals surface area (Å²) >= 11 is 1.19. The number of amides is 3. The van der Waals surface area contributed by atoms with Crippen LogP contribution in [0.2, 0.25) is 0 Å². The van der Waals surface area contributed by atoms with Gasteiger partial charge in [0.25, 0.3) is 0 Å². The summed E-state index contributed by atoms with van der Waals surface area (Å²) in [6, 6.07) is 0. The third-order valence-electron chi connectivity index (χ3n) is 3.36. The second-order valence-corrected chi connectivity index (χ2v) is 6.48. The smallest absolute Gasteiger partial charge is 0.239 e. The molecule has 0 aliphatic carbocycles. The van der Waals surface area contributed by atoms with Crippen LogP contribution in [-0.4, -0.2) is 46.5 Å². The van der Waals surface area contributed by atoms with Crippen LogP contribution in [0.5, 0.6) is 0 Å². The summed E-state index contributed by atoms with van der Waals surface area (Å²) in [4.78, 5) is 42.8. The molecule has 0 saturated carbocycles. The molecule has 138 valence electrons. The molecule has 0 bridgehead atoms. The minimum atomic E-state index is -0.423. The van der Waals surface area contributed by atoms with Crippen LogP contribution in [0.4, 0.5) is 0 Å². The number of nitrogens with one attached hydrogen (secondary N) is 2. The van der Waals surface area contributed by atoms with E-state index in [-0.39, 0.29) is 30.5 Å². The van der Waals surface area contributed by atoms with E-state index < -0.39 is 5.91 Å². The molecule has 4 N–H and O–H groups in total. The molecule has 0 saturated heterocycles. The normalized spacial score (nSPS) is 10.4. The number of aryl methyl sites for hydroxylation is 2. The summed E-state index contributed by atoms with van der Waals surface area (Å²) in [5, 5.41) is 5.79. The minimum Gasteiger partial charge on any atom is -0.369 e. The summed E-state index contributed by atoms with van der Waals surface area (Å²) < 4.78 is 0. The number of hydrogen-bond acceptors (Lipinski definition) is 6. The van der Waals surface area contributed by atoms with Crippen molar-refractivity contribution in [3.63, 3.8) is 0 Å². The molecule has 9 heteroatoms. The number of nitrogens with zero attached hydrogens (tertiary/aromatic N) is 2. The molecule has 0 spiro atoms. The largest absolute Gasteiger partial charge is 0.369 e. The summed E-state index contributed by atoms with van der Waals surface area (Å²) in [5.41, 5.74) is 7.56. The Balaban J connectivity index is 2.52. The zero-order valence-corrected chi connectivity index (χ0v) is 15.7. The van der Waals surface area contributed by atoms with Crippen LogP contribution < -0.4 is 16.4 Å². The Labute approximate surface area is 151 Å². The number of carbonyl (C=O) groups is 3. The van der Waals surface area contributed by atoms with Crippen LogP contribution in [0.3, 0.4) is 0 Å². The maximum absolute atomic E-state index is 11.9. The fourth-order valence-corrected chi connectivity index (χ4v) is 2.78. The first-order valence-corrected chi connectivity index (χ1v) is 9.10. The lowest BCUT2D eigenvalue weighted by Crippen LogP contribution is -2.37. The number of carbonyl (C=O) groups excluding carboxylic acids is 3. The van der Waals surface area contributed by atoms with Crippen molar-refractivity contribution in [2.45, 2.75) is 45.2 Å². The van der Waals surface area contributed by atoms with Gasteiger partial charge in [-0.3, -0.25) is 14.4 Å². The zero-order valence-electron chi connectivity index (χ0n) is 14.8. The zero-order chi connectivity index (χ0) is 18.8. The van der Waals surface area contributed by atoms with E-state index in [0.29, 0.717) is 18.1 Å². The molecule has 0 radical (unpaired) electrons. The Hall–Kier alpha value is -2.16. The molecule has 25 heavy (non-hydrogen) atoms. The van der Waals surface area contributed by atoms with Gasteiger partial charge in [-0.2, -0.15) is 0 Å². The third kappa shape index (κ3) is 7.97. The van der Waals surface area contributed by atoms with E-state index in [0.717, 1.165) is 23.4 Å². The minimum absolute atomic E-state index is 0.0179. The highest BCUT2D eigenvalue weighted by Crippen LogP contribution is 2.18. The maximum Gasteiger partial charge on any atom is 0.239 e. The Morgan fingerprint density at radius 1 is 1.08 bits per heavy atom. The average molecular weight is 367 g/mol. The Bertz CT molecular complexity index is 613. The van der Waals surface area contributed by atoms with Crippen molar-refractivity contribution in [2.24, 2.45) is 5.73 Å². The van der Waals surface area contributed by atoms with Crippen molar-refractivity contribution in [1.29, 1.82) is 0 Å². The van der Waals surface area contributed by atoms with Crippen LogP contribution in [0.25, 0.3) is 0 Å². The average Bonchev–Trinajstić information content (AvgIpc) is 2.55. The summed E-state index contributed by atoms with van der Waals surface area (Å²) in [7, 11) is 0. The van der Waals surface area contributed by atoms with Crippen LogP contribution >= 0.6 is 11.8 Å². The third-order valence-corrected chi connectivity index (χ3v) is 4.23. The van der Waals surface area contributed by atoms with E-state index in [1.165, 1.54) is 11.8 Å². The molecule has 1 rings (SSSR count). The van der Waals surface area contributed by atoms with Gasteiger partial charge in [-0.15, -0.1) is 0 Å². The van der Waals surface area contributed by atoms with E-state index in [1.807, 2.05) is 20.8 Å². The standard InChI is InChI=1S/C16H25N5O3S/c1-4-7-18-15(24)8-19-14(23)6-5-12-10(2)20-16(21-11(12)3)25-9-13(17)22/h4-9H2,1-3H3,(H2,17,22)(H,18,24)(H,19,23). The summed E-state index contributed by atoms with van der Waals surface area (Å²) in [5.74, 6) is -0.687. The fourth-order valence-electron chi connectivity index (χ4n) is 2.10. The first-order chi connectivity index (χ1) is 11.8. The fraction of sp³-hybridized carbons (Fsp3) is 0.562. The number of aromatic nitrogens is 2. The molecular formula is C16H25N5O3S. The molecule has 0 aliphatic heterocycles. The van der Waals surface area contributed by atoms with Crippen molar-refractivity contribution < 1.29 is 14.4 Å². The molecule has 8 nitrogen and oxygen atoms in total. The van der Waals surface area contributed by atoms with E-state index in [4.69, 9.17) is 5.73 Å². The molecule has 0 unspecified atom stereocenters. The first-order valence-electron chi connectivity index (χ1n) is 8.12. The van der Waals surface area contributed by atoms with Gasteiger partial charge in [0.15, 0.2) is 5.16 Å². The van der Waals surface area contributed by atoms with Gasteiger partial charge in [0.05, 0.1) is 12.3 Å². The van der Waals surface area contributed by atoms with Gasteiger partial charge in [0.1, 0.15) is 0 Å². The number of thioether (sulfide) groups is 1. The van der Waals surface area contributed by atoms with Gasteiger partial charge in [-0.25, -0.2) is 9.97 Å². The van der Waals surface area contributed by atoms with Crippen molar-refractivity contribution in [1.82, 2.24) is 20.6 Å². The second kappa shape index (κ2) is 10.7. The first kappa shape index (κ1) is 20.9. The predicted octanol–water partition coefficient (Wildman–Crippen LogP) is 0.246. The summed E-state index contributed by atoms with van der Waals surface area (Å²) in [6.07, 6.45) is 1.59. The summed E-state index contributed by atoms with van der Waals surface area (Å²) in [6.45, 7) is 6.23. The van der Waals surface area contributed by atoms with Crippen LogP contribution in [0, 0.1) is 13.8 Å². The lowest BCUT2D eigenvalue weighted by Gasteiger charge is -2.11. The second-order valence-electron chi connectivity index (χ2n) is 5.54. The molecule has 1 heterocycles. The molecule has 1 aromatic rings. The lowest BCUT2D eigenvalue weighted by molar-refractivity contribution is -0.126. The molecule has 0 aromatic carbocycles. The topological polar surface area (TPSA) is 127 Å². The highest BCUT2D eigenvalue weighted by atomic mass is 32.2. The van der Waals surface area contributed by atoms with Gasteiger partial charge in [0, 0.05) is 24.4 Å². The molecule has 0 fully saturated rings. The van der Waals surface area contributed by atoms with Crippen LogP contribution in [0.1, 0.15) is 36.7 Å². The monoisotopic (exact) mass is 367 g/mol. The highest BCUT2D eigenvalue weighted by molar-refractivity contribution is 7.99. The predicted molar refractivity (Wildman–Crippen MR) is 96.1 cm³/mol. The molecule has 0 aliphatic rings. The van der Waals surface area contributed by atoms with E-state index in [9.17, 15) is 14.4 Å². The molecule has 3 amide bonds. The van der Waals surface area contributed by atoms with Crippen molar-refractivity contribution >= 4 is 29.5 Å². The van der Waals surface area contributed by atoms with E-state index >= 15 is 0 Å². The Kier molecular flexibility index (Phi) is 8.90. The number of hydrogen-bond donors (Lipinski definition) is 3. The number of primary amides is 1. The number of nitrogens with two attached hydrogens (primary N) is 1. The van der Waals surface area contributed by atoms with Crippen LogP contribution in [0.15, 0.2) is 5.16 Å². The SMILES string of the molecule is CCCNC(=O)CNC(=O)CCc1c(C)nc(SCC(N)=O)nc1C. The number of rotatable bonds is 10. The molecular weight excluding hydrogens is 342 g/mol. The van der Waals surface area contributed by atoms with Gasteiger partial charge >= 0.3 is 0 Å². The highest BCUT2D eigenvalue weighted by Gasteiger charge is 2.12. The van der Waals surface area contributed by atoms with E-state index in [1.54, 1.807) is 0 Å². The van der Waals surface area contributed by atoms with Crippen molar-refractivity contribution in [3.8, 4) is 0 Å².